The fourth-order valence-corrected chi connectivity index (χ4v) is 3.97. The van der Waals surface area contributed by atoms with Gasteiger partial charge in [0.05, 0.1) is 0 Å². The Kier molecular flexibility index (Phi) is 2.34. The molecule has 5 heteroatoms. The minimum absolute atomic E-state index is 0.0393. The molecule has 0 saturated heterocycles. The molecule has 1 aromatic heterocycles. The Balaban J connectivity index is 1.65. The third kappa shape index (κ3) is 1.55. The highest BCUT2D eigenvalue weighted by molar-refractivity contribution is 6.35. The van der Waals surface area contributed by atoms with Crippen LogP contribution in [0.4, 0.5) is 5.82 Å². The summed E-state index contributed by atoms with van der Waals surface area (Å²) < 4.78 is 0. The van der Waals surface area contributed by atoms with E-state index in [0.717, 1.165) is 18.7 Å². The molecule has 1 fully saturated rings. The largest absolute Gasteiger partial charge is 0.477 e. The molecule has 1 N–H and O–H groups in total. The Morgan fingerprint density at radius 3 is 3.05 bits per heavy atom. The smallest absolute Gasteiger partial charge is 0.349 e. The van der Waals surface area contributed by atoms with Crippen molar-refractivity contribution in [3.63, 3.8) is 0 Å². The van der Waals surface area contributed by atoms with Gasteiger partial charge in [-0.15, -0.1) is 0 Å². The van der Waals surface area contributed by atoms with Gasteiger partial charge in [-0.25, -0.2) is 14.8 Å². The number of rotatable bonds is 1. The van der Waals surface area contributed by atoms with Gasteiger partial charge >= 0.3 is 5.97 Å². The predicted octanol–water partition coefficient (Wildman–Crippen LogP) is 1.99. The van der Waals surface area contributed by atoms with Gasteiger partial charge in [0, 0.05) is 29.9 Å². The Hall–Kier alpha value is -2.04. The van der Waals surface area contributed by atoms with Crippen LogP contribution in [0.5, 0.6) is 0 Å². The maximum atomic E-state index is 11.1. The van der Waals surface area contributed by atoms with Crippen molar-refractivity contribution >= 4 is 23.7 Å². The van der Waals surface area contributed by atoms with Crippen molar-refractivity contribution in [2.75, 3.05) is 6.54 Å². The van der Waals surface area contributed by atoms with E-state index in [2.05, 4.69) is 21.0 Å². The second kappa shape index (κ2) is 3.98. The van der Waals surface area contributed by atoms with Crippen molar-refractivity contribution in [3.05, 3.63) is 23.9 Å². The number of nitrogens with zero attached hydrogens (tertiary/aromatic N) is 3. The van der Waals surface area contributed by atoms with Gasteiger partial charge in [-0.3, -0.25) is 4.99 Å². The molecule has 1 spiro atoms. The SMILES string of the molecule is O=C(O)C1=NCC2CC3(C=Nc4ncccc43)CC2C1. The summed E-state index contributed by atoms with van der Waals surface area (Å²) in [5.74, 6) is 0.823. The molecule has 102 valence electrons. The number of hydrogen-bond donors (Lipinski definition) is 1. The molecule has 2 aliphatic heterocycles. The minimum Gasteiger partial charge on any atom is -0.477 e. The number of carbonyl (C=O) groups is 1. The highest BCUT2D eigenvalue weighted by atomic mass is 16.4. The van der Waals surface area contributed by atoms with Gasteiger partial charge in [0.25, 0.3) is 0 Å². The molecule has 1 aromatic rings. The number of aliphatic carboxylic acids is 1. The van der Waals surface area contributed by atoms with Crippen LogP contribution in [0.2, 0.25) is 0 Å². The second-order valence-corrected chi connectivity index (χ2v) is 6.01. The third-order valence-corrected chi connectivity index (χ3v) is 4.90. The summed E-state index contributed by atoms with van der Waals surface area (Å²) in [6.45, 7) is 0.636. The van der Waals surface area contributed by atoms with Gasteiger partial charge in [0.2, 0.25) is 0 Å². The fraction of sp³-hybridized carbons (Fsp3) is 0.467. The Morgan fingerprint density at radius 1 is 1.35 bits per heavy atom. The van der Waals surface area contributed by atoms with E-state index in [4.69, 9.17) is 5.11 Å². The molecule has 3 atom stereocenters. The lowest BCUT2D eigenvalue weighted by molar-refractivity contribution is -0.129. The van der Waals surface area contributed by atoms with Crippen LogP contribution in [0, 0.1) is 11.8 Å². The molecule has 0 bridgehead atoms. The first-order chi connectivity index (χ1) is 9.68. The Bertz CT molecular complexity index is 652. The number of pyridine rings is 1. The van der Waals surface area contributed by atoms with E-state index in [-0.39, 0.29) is 5.41 Å². The maximum absolute atomic E-state index is 11.1. The second-order valence-electron chi connectivity index (χ2n) is 6.01. The number of carboxylic acid groups (broad SMARTS) is 1. The quantitative estimate of drug-likeness (QED) is 0.847. The van der Waals surface area contributed by atoms with E-state index in [1.54, 1.807) is 6.20 Å². The summed E-state index contributed by atoms with van der Waals surface area (Å²) in [5, 5.41) is 9.11. The van der Waals surface area contributed by atoms with E-state index in [1.165, 1.54) is 5.56 Å². The van der Waals surface area contributed by atoms with E-state index >= 15 is 0 Å². The van der Waals surface area contributed by atoms with Crippen molar-refractivity contribution in [2.45, 2.75) is 24.7 Å². The number of aromatic nitrogens is 1. The number of hydrogen-bond acceptors (Lipinski definition) is 4. The van der Waals surface area contributed by atoms with Crippen LogP contribution in [-0.4, -0.2) is 34.5 Å². The molecular formula is C15H15N3O2. The predicted molar refractivity (Wildman–Crippen MR) is 74.8 cm³/mol. The van der Waals surface area contributed by atoms with Crippen LogP contribution in [0.1, 0.15) is 24.8 Å². The van der Waals surface area contributed by atoms with Crippen LogP contribution < -0.4 is 0 Å². The van der Waals surface area contributed by atoms with Gasteiger partial charge < -0.3 is 5.11 Å². The third-order valence-electron chi connectivity index (χ3n) is 4.90. The lowest BCUT2D eigenvalue weighted by Gasteiger charge is -2.22. The Morgan fingerprint density at radius 2 is 2.20 bits per heavy atom. The van der Waals surface area contributed by atoms with Gasteiger partial charge in [-0.1, -0.05) is 6.07 Å². The average Bonchev–Trinajstić information content (AvgIpc) is 3.00. The minimum atomic E-state index is -0.869. The molecule has 0 aromatic carbocycles. The van der Waals surface area contributed by atoms with E-state index in [1.807, 2.05) is 12.3 Å². The standard InChI is InChI=1S/C15H15N3O2/c19-14(20)12-4-9-5-15(6-10(9)7-17-12)8-18-13-11(15)2-1-3-16-13/h1-3,8-10H,4-7H2,(H,19,20). The van der Waals surface area contributed by atoms with Gasteiger partial charge in [-0.2, -0.15) is 0 Å². The van der Waals surface area contributed by atoms with E-state index in [9.17, 15) is 4.79 Å². The molecule has 5 nitrogen and oxygen atoms in total. The van der Waals surface area contributed by atoms with Crippen LogP contribution in [-0.2, 0) is 10.2 Å². The zero-order valence-electron chi connectivity index (χ0n) is 11.0. The summed E-state index contributed by atoms with van der Waals surface area (Å²) >= 11 is 0. The first-order valence-electron chi connectivity index (χ1n) is 6.95. The van der Waals surface area contributed by atoms with E-state index in [0.29, 0.717) is 30.5 Å². The molecule has 4 rings (SSSR count). The number of carboxylic acids is 1. The molecule has 3 heterocycles. The molecule has 1 saturated carbocycles. The van der Waals surface area contributed by atoms with Crippen LogP contribution >= 0.6 is 0 Å². The lowest BCUT2D eigenvalue weighted by Crippen LogP contribution is -2.26. The first-order valence-corrected chi connectivity index (χ1v) is 6.95. The zero-order valence-corrected chi connectivity index (χ0v) is 11.0. The molecule has 0 radical (unpaired) electrons. The van der Waals surface area contributed by atoms with Gasteiger partial charge in [0.1, 0.15) is 5.71 Å². The van der Waals surface area contributed by atoms with Gasteiger partial charge in [-0.05, 0) is 37.2 Å². The maximum Gasteiger partial charge on any atom is 0.349 e. The zero-order chi connectivity index (χ0) is 13.7. The monoisotopic (exact) mass is 269 g/mol. The lowest BCUT2D eigenvalue weighted by atomic mass is 9.80. The van der Waals surface area contributed by atoms with Crippen LogP contribution in [0.3, 0.4) is 0 Å². The molecule has 1 aliphatic carbocycles. The van der Waals surface area contributed by atoms with Crippen molar-refractivity contribution < 1.29 is 9.90 Å². The van der Waals surface area contributed by atoms with E-state index < -0.39 is 5.97 Å². The highest BCUT2D eigenvalue weighted by Gasteiger charge is 2.49. The average molecular weight is 269 g/mol. The summed E-state index contributed by atoms with van der Waals surface area (Å²) in [7, 11) is 0. The van der Waals surface area contributed by atoms with Crippen molar-refractivity contribution in [2.24, 2.45) is 21.8 Å². The highest BCUT2D eigenvalue weighted by Crippen LogP contribution is 2.53. The van der Waals surface area contributed by atoms with Gasteiger partial charge in [0.15, 0.2) is 5.82 Å². The van der Waals surface area contributed by atoms with Crippen LogP contribution in [0.25, 0.3) is 0 Å². The normalized spacial score (nSPS) is 33.9. The first kappa shape index (κ1) is 11.8. The molecular weight excluding hydrogens is 254 g/mol. The number of fused-ring (bicyclic) bond motifs is 3. The Labute approximate surface area is 116 Å². The number of aliphatic imine (C=N–C) groups is 2. The van der Waals surface area contributed by atoms with Crippen molar-refractivity contribution in [1.29, 1.82) is 0 Å². The fourth-order valence-electron chi connectivity index (χ4n) is 3.97. The molecule has 20 heavy (non-hydrogen) atoms. The summed E-state index contributed by atoms with van der Waals surface area (Å²) in [6, 6.07) is 4.06. The molecule has 3 unspecified atom stereocenters. The molecule has 0 amide bonds. The summed E-state index contributed by atoms with van der Waals surface area (Å²) in [5.41, 5.74) is 1.50. The summed E-state index contributed by atoms with van der Waals surface area (Å²) in [6.07, 6.45) is 6.36. The topological polar surface area (TPSA) is 74.9 Å². The van der Waals surface area contributed by atoms with Crippen LogP contribution in [0.15, 0.2) is 28.3 Å². The van der Waals surface area contributed by atoms with Crippen molar-refractivity contribution in [3.8, 4) is 0 Å². The van der Waals surface area contributed by atoms with Crippen molar-refractivity contribution in [1.82, 2.24) is 4.98 Å². The molecule has 3 aliphatic rings. The summed E-state index contributed by atoms with van der Waals surface area (Å²) in [4.78, 5) is 24.1.